The van der Waals surface area contributed by atoms with Crippen LogP contribution in [0.15, 0.2) is 31.0 Å². The monoisotopic (exact) mass is 1210 g/mol. The fraction of sp³-hybridized carbons (Fsp3) is 0.200. The Kier molecular flexibility index (Phi) is 20.2. The molecule has 5 heterocycles. The molecule has 5 aromatic rings. The van der Waals surface area contributed by atoms with Crippen molar-refractivity contribution < 1.29 is 65.9 Å². The molecule has 0 amide bonds. The number of nitrogens with two attached hydrogens (primary N) is 3. The summed E-state index contributed by atoms with van der Waals surface area (Å²) in [7, 11) is 0. The van der Waals surface area contributed by atoms with Crippen LogP contribution in [0.25, 0.3) is 0 Å². The summed E-state index contributed by atoms with van der Waals surface area (Å²) in [5.74, 6) is -1.49. The third-order valence-corrected chi connectivity index (χ3v) is 7.56. The van der Waals surface area contributed by atoms with E-state index in [1.807, 2.05) is 0 Å². The van der Waals surface area contributed by atoms with E-state index in [1.165, 1.54) is 0 Å². The van der Waals surface area contributed by atoms with Crippen LogP contribution in [0.3, 0.4) is 0 Å². The molecule has 0 aliphatic heterocycles. The van der Waals surface area contributed by atoms with Gasteiger partial charge in [-0.15, -0.1) is 0 Å². The van der Waals surface area contributed by atoms with Gasteiger partial charge in [0.2, 0.25) is 16.5 Å². The molecular formula is C25H11Cl5F15I2N13. The lowest BCUT2D eigenvalue weighted by atomic mass is 10.3. The predicted molar refractivity (Wildman–Crippen MR) is 199 cm³/mol. The van der Waals surface area contributed by atoms with Gasteiger partial charge in [-0.05, 0) is 23.2 Å². The van der Waals surface area contributed by atoms with Crippen LogP contribution in [-0.2, 0) is 30.9 Å². The van der Waals surface area contributed by atoms with Gasteiger partial charge in [-0.25, -0.2) is 49.8 Å². The van der Waals surface area contributed by atoms with Crippen molar-refractivity contribution in [1.82, 2.24) is 49.8 Å². The Morgan fingerprint density at radius 1 is 0.367 bits per heavy atom. The van der Waals surface area contributed by atoms with Gasteiger partial charge in [-0.3, -0.25) is 0 Å². The van der Waals surface area contributed by atoms with Crippen LogP contribution in [0.1, 0.15) is 27.8 Å². The standard InChI is InChI=1S/C5HCl2F3N2.C5HClF3IN2.2C5H3ClF3N3.C5H3F3IN3/c6-3-2(5(8,9)10)1-11-4(7)12-3;6-3-2(5(7,8)9)1-11-4(10)12-3;6-4-11-1-2(3(10)12-4)5(7,8)9;6-3-2(5(7,8)9)1-11-4(10)12-3;6-5(7,8)2-1-11-4(9)12-3(2)10/h2*1H;3*1H,(H2,10,11,12). The molecule has 5 aromatic heterocycles. The minimum atomic E-state index is -4.54. The molecule has 0 spiro atoms. The van der Waals surface area contributed by atoms with Crippen molar-refractivity contribution in [1.29, 1.82) is 0 Å². The molecule has 0 atom stereocenters. The maximum Gasteiger partial charge on any atom is 0.421 e. The fourth-order valence-corrected chi connectivity index (χ4v) is 4.76. The Bertz CT molecular complexity index is 1860. The van der Waals surface area contributed by atoms with Gasteiger partial charge in [0.25, 0.3) is 0 Å². The first-order chi connectivity index (χ1) is 27.0. The molecule has 5 rings (SSSR count). The number of rotatable bonds is 0. The van der Waals surface area contributed by atoms with Gasteiger partial charge in [-0.1, -0.05) is 34.8 Å². The third kappa shape index (κ3) is 18.7. The first kappa shape index (κ1) is 54.7. The number of hydrogen-bond acceptors (Lipinski definition) is 13. The summed E-state index contributed by atoms with van der Waals surface area (Å²) in [5.41, 5.74) is 9.72. The van der Waals surface area contributed by atoms with Crippen molar-refractivity contribution >= 4 is 121 Å². The van der Waals surface area contributed by atoms with Crippen LogP contribution in [0.4, 0.5) is 83.4 Å². The molecule has 0 unspecified atom stereocenters. The SMILES string of the molecule is FC(F)(F)c1cnc(Cl)nc1Cl.FC(F)(F)c1cnc(I)nc1Cl.Nc1nc(Cl)ncc1C(F)(F)F.Nc1nc(I)ncc1C(F)(F)F.Nc1ncc(C(F)(F)F)c(Cl)n1. The second kappa shape index (κ2) is 22.1. The molecule has 0 saturated heterocycles. The molecule has 13 nitrogen and oxygen atoms in total. The molecule has 35 heteroatoms. The highest BCUT2D eigenvalue weighted by atomic mass is 127. The van der Waals surface area contributed by atoms with E-state index in [4.69, 9.17) is 75.2 Å². The lowest BCUT2D eigenvalue weighted by Gasteiger charge is -2.07. The summed E-state index contributed by atoms with van der Waals surface area (Å²) < 4.78 is 180. The summed E-state index contributed by atoms with van der Waals surface area (Å²) >= 11 is 29.3. The van der Waals surface area contributed by atoms with E-state index in [0.29, 0.717) is 31.0 Å². The zero-order valence-corrected chi connectivity index (χ0v) is 35.5. The van der Waals surface area contributed by atoms with E-state index in [9.17, 15) is 65.9 Å². The average molecular weight is 1210 g/mol. The minimum Gasteiger partial charge on any atom is -0.383 e. The molecule has 0 aliphatic carbocycles. The van der Waals surface area contributed by atoms with Crippen molar-refractivity contribution in [3.8, 4) is 0 Å². The minimum absolute atomic E-state index is 0.186. The number of halogens is 22. The second-order valence-corrected chi connectivity index (χ2v) is 13.2. The zero-order valence-electron chi connectivity index (χ0n) is 27.4. The maximum atomic E-state index is 12.0. The lowest BCUT2D eigenvalue weighted by Crippen LogP contribution is -2.11. The Balaban J connectivity index is 0.000000375. The zero-order chi connectivity index (χ0) is 46.8. The quantitative estimate of drug-likeness (QED) is 0.0572. The molecule has 60 heavy (non-hydrogen) atoms. The summed E-state index contributed by atoms with van der Waals surface area (Å²) in [6.07, 6.45) is -19.6. The maximum absolute atomic E-state index is 12.0. The van der Waals surface area contributed by atoms with Crippen molar-refractivity contribution in [2.24, 2.45) is 0 Å². The Hall–Kier alpha value is -3.34. The molecule has 6 N–H and O–H groups in total. The summed E-state index contributed by atoms with van der Waals surface area (Å²) in [6, 6.07) is 0. The molecule has 0 aromatic carbocycles. The highest BCUT2D eigenvalue weighted by molar-refractivity contribution is 14.1. The van der Waals surface area contributed by atoms with Gasteiger partial charge in [0.1, 0.15) is 54.9 Å². The Labute approximate surface area is 374 Å². The van der Waals surface area contributed by atoms with E-state index < -0.39 is 85.8 Å². The number of hydrogen-bond donors (Lipinski definition) is 3. The summed E-state index contributed by atoms with van der Waals surface area (Å²) in [6.45, 7) is 0. The van der Waals surface area contributed by atoms with Gasteiger partial charge < -0.3 is 17.2 Å². The van der Waals surface area contributed by atoms with Crippen molar-refractivity contribution in [3.05, 3.63) is 92.5 Å². The van der Waals surface area contributed by atoms with Gasteiger partial charge >= 0.3 is 30.9 Å². The van der Waals surface area contributed by atoms with Gasteiger partial charge in [0.15, 0.2) is 7.66 Å². The van der Waals surface area contributed by atoms with Crippen molar-refractivity contribution in [3.63, 3.8) is 0 Å². The van der Waals surface area contributed by atoms with Crippen LogP contribution in [-0.4, -0.2) is 49.8 Å². The van der Waals surface area contributed by atoms with Crippen molar-refractivity contribution in [2.75, 3.05) is 17.2 Å². The van der Waals surface area contributed by atoms with Gasteiger partial charge in [-0.2, -0.15) is 65.9 Å². The van der Waals surface area contributed by atoms with E-state index >= 15 is 0 Å². The molecule has 0 aliphatic rings. The van der Waals surface area contributed by atoms with E-state index in [1.54, 1.807) is 45.2 Å². The van der Waals surface area contributed by atoms with E-state index in [-0.39, 0.29) is 24.2 Å². The predicted octanol–water partition coefficient (Wildman–Crippen LogP) is 10.7. The number of nitrogens with zero attached hydrogens (tertiary/aromatic N) is 10. The third-order valence-electron chi connectivity index (χ3n) is 5.29. The molecule has 330 valence electrons. The number of anilines is 3. The molecule has 0 saturated carbocycles. The number of aromatic nitrogens is 10. The lowest BCUT2D eigenvalue weighted by molar-refractivity contribution is -0.138. The van der Waals surface area contributed by atoms with Crippen LogP contribution in [0, 0.1) is 7.66 Å². The second-order valence-electron chi connectivity index (χ2n) is 9.48. The topological polar surface area (TPSA) is 207 Å². The molecule has 0 bridgehead atoms. The number of nitrogen functional groups attached to an aromatic ring is 3. The van der Waals surface area contributed by atoms with Gasteiger partial charge in [0, 0.05) is 76.2 Å². The number of alkyl halides is 15. The van der Waals surface area contributed by atoms with Gasteiger partial charge in [0.05, 0.1) is 0 Å². The molecule has 0 fully saturated rings. The highest BCUT2D eigenvalue weighted by Gasteiger charge is 2.37. The Morgan fingerprint density at radius 2 is 0.650 bits per heavy atom. The van der Waals surface area contributed by atoms with E-state index in [2.05, 4.69) is 49.8 Å². The normalized spacial score (nSPS) is 11.7. The summed E-state index contributed by atoms with van der Waals surface area (Å²) in [5, 5.41) is -2.56. The van der Waals surface area contributed by atoms with Crippen LogP contribution in [0.5, 0.6) is 0 Å². The highest BCUT2D eigenvalue weighted by Crippen LogP contribution is 2.36. The van der Waals surface area contributed by atoms with Crippen LogP contribution >= 0.6 is 103 Å². The van der Waals surface area contributed by atoms with Crippen LogP contribution < -0.4 is 17.2 Å². The molecular weight excluding hydrogens is 1200 g/mol. The summed E-state index contributed by atoms with van der Waals surface area (Å²) in [4.78, 5) is 32.4. The average Bonchev–Trinajstić information content (AvgIpc) is 3.03. The van der Waals surface area contributed by atoms with Crippen LogP contribution in [0.2, 0.25) is 26.0 Å². The first-order valence-corrected chi connectivity index (χ1v) is 17.7. The largest absolute Gasteiger partial charge is 0.421 e. The van der Waals surface area contributed by atoms with Crippen molar-refractivity contribution in [2.45, 2.75) is 30.9 Å². The smallest absolute Gasteiger partial charge is 0.383 e. The fourth-order valence-electron chi connectivity index (χ4n) is 2.81. The van der Waals surface area contributed by atoms with E-state index in [0.717, 1.165) is 0 Å². The Morgan fingerprint density at radius 3 is 0.983 bits per heavy atom. The molecule has 0 radical (unpaired) electrons. The first-order valence-electron chi connectivity index (χ1n) is 13.6.